The summed E-state index contributed by atoms with van der Waals surface area (Å²) in [7, 11) is -4.03. The molecule has 0 bridgehead atoms. The van der Waals surface area contributed by atoms with Crippen molar-refractivity contribution < 1.29 is 8.42 Å². The molecule has 0 atom stereocenters. The predicted molar refractivity (Wildman–Crippen MR) is 97.7 cm³/mol. The second-order valence-electron chi connectivity index (χ2n) is 6.18. The molecule has 0 aliphatic carbocycles. The SMILES string of the molecule is Cc1[nH]c(=O)[nH]c(=O)c1S(=O)(=O)N1CCCN(Cc2ccccc2Cl)C1. The normalized spacial score (nSPS) is 16.7. The fraction of sp³-hybridized carbons (Fsp3) is 0.375. The molecule has 140 valence electrons. The first-order valence-electron chi connectivity index (χ1n) is 8.08. The Morgan fingerprint density at radius 1 is 1.15 bits per heavy atom. The van der Waals surface area contributed by atoms with Crippen LogP contribution in [-0.4, -0.2) is 47.3 Å². The average Bonchev–Trinajstić information content (AvgIpc) is 2.56. The quantitative estimate of drug-likeness (QED) is 0.795. The Balaban J connectivity index is 1.86. The molecule has 1 aliphatic rings. The van der Waals surface area contributed by atoms with E-state index in [-0.39, 0.29) is 12.4 Å². The van der Waals surface area contributed by atoms with Crippen LogP contribution in [0.5, 0.6) is 0 Å². The minimum Gasteiger partial charge on any atom is -0.310 e. The Kier molecular flexibility index (Phi) is 5.33. The first-order valence-corrected chi connectivity index (χ1v) is 9.90. The summed E-state index contributed by atoms with van der Waals surface area (Å²) in [6.45, 7) is 3.07. The first kappa shape index (κ1) is 18.8. The lowest BCUT2D eigenvalue weighted by Crippen LogP contribution is -2.48. The third-order valence-corrected chi connectivity index (χ3v) is 6.62. The topological polar surface area (TPSA) is 106 Å². The number of hydrogen-bond donors (Lipinski definition) is 2. The van der Waals surface area contributed by atoms with Crippen molar-refractivity contribution in [1.82, 2.24) is 19.2 Å². The summed E-state index contributed by atoms with van der Waals surface area (Å²) in [5.41, 5.74) is -0.701. The monoisotopic (exact) mass is 398 g/mol. The number of aromatic nitrogens is 2. The largest absolute Gasteiger partial charge is 0.325 e. The van der Waals surface area contributed by atoms with Crippen molar-refractivity contribution in [1.29, 1.82) is 0 Å². The van der Waals surface area contributed by atoms with Crippen LogP contribution in [0.15, 0.2) is 38.8 Å². The van der Waals surface area contributed by atoms with E-state index >= 15 is 0 Å². The van der Waals surface area contributed by atoms with Gasteiger partial charge in [-0.25, -0.2) is 13.2 Å². The van der Waals surface area contributed by atoms with Crippen LogP contribution < -0.4 is 11.2 Å². The van der Waals surface area contributed by atoms with Gasteiger partial charge in [0.2, 0.25) is 0 Å². The number of nitrogens with zero attached hydrogens (tertiary/aromatic N) is 2. The molecule has 1 fully saturated rings. The average molecular weight is 399 g/mol. The summed E-state index contributed by atoms with van der Waals surface area (Å²) < 4.78 is 27.1. The van der Waals surface area contributed by atoms with Gasteiger partial charge >= 0.3 is 5.69 Å². The molecule has 26 heavy (non-hydrogen) atoms. The number of aryl methyl sites for hydroxylation is 1. The van der Waals surface area contributed by atoms with E-state index in [1.807, 2.05) is 28.1 Å². The van der Waals surface area contributed by atoms with Crippen LogP contribution in [0.2, 0.25) is 5.02 Å². The van der Waals surface area contributed by atoms with Gasteiger partial charge in [0, 0.05) is 30.4 Å². The van der Waals surface area contributed by atoms with Gasteiger partial charge in [-0.05, 0) is 25.0 Å². The number of nitrogens with one attached hydrogen (secondary N) is 2. The van der Waals surface area contributed by atoms with E-state index < -0.39 is 26.2 Å². The van der Waals surface area contributed by atoms with Crippen molar-refractivity contribution in [2.24, 2.45) is 0 Å². The van der Waals surface area contributed by atoms with Gasteiger partial charge in [-0.3, -0.25) is 14.7 Å². The fourth-order valence-electron chi connectivity index (χ4n) is 3.06. The van der Waals surface area contributed by atoms with E-state index in [0.717, 1.165) is 12.1 Å². The zero-order chi connectivity index (χ0) is 18.9. The Labute approximate surface area is 155 Å². The Morgan fingerprint density at radius 3 is 2.58 bits per heavy atom. The van der Waals surface area contributed by atoms with Crippen molar-refractivity contribution in [3.05, 3.63) is 61.4 Å². The van der Waals surface area contributed by atoms with Crippen LogP contribution >= 0.6 is 11.6 Å². The lowest BCUT2D eigenvalue weighted by molar-refractivity contribution is 0.140. The summed E-state index contributed by atoms with van der Waals surface area (Å²) in [6.07, 6.45) is 0.629. The molecule has 2 heterocycles. The molecule has 0 radical (unpaired) electrons. The molecule has 0 spiro atoms. The fourth-order valence-corrected chi connectivity index (χ4v) is 4.92. The summed E-state index contributed by atoms with van der Waals surface area (Å²) in [4.78, 5) is 29.2. The molecule has 0 unspecified atom stereocenters. The molecule has 8 nitrogen and oxygen atoms in total. The smallest absolute Gasteiger partial charge is 0.310 e. The van der Waals surface area contributed by atoms with Crippen molar-refractivity contribution >= 4 is 21.6 Å². The van der Waals surface area contributed by atoms with Gasteiger partial charge in [0.15, 0.2) is 4.90 Å². The Bertz CT molecular complexity index is 1030. The molecule has 1 aromatic heterocycles. The highest BCUT2D eigenvalue weighted by Crippen LogP contribution is 2.22. The zero-order valence-electron chi connectivity index (χ0n) is 14.2. The summed E-state index contributed by atoms with van der Waals surface area (Å²) >= 11 is 6.18. The van der Waals surface area contributed by atoms with E-state index in [0.29, 0.717) is 24.5 Å². The number of H-pyrrole nitrogens is 2. The Morgan fingerprint density at radius 2 is 1.88 bits per heavy atom. The van der Waals surface area contributed by atoms with Crippen molar-refractivity contribution in [3.8, 4) is 0 Å². The van der Waals surface area contributed by atoms with Crippen molar-refractivity contribution in [3.63, 3.8) is 0 Å². The number of rotatable bonds is 4. The highest BCUT2D eigenvalue weighted by molar-refractivity contribution is 7.89. The summed E-state index contributed by atoms with van der Waals surface area (Å²) in [5.74, 6) is 0. The summed E-state index contributed by atoms with van der Waals surface area (Å²) in [6, 6.07) is 7.40. The molecule has 0 amide bonds. The van der Waals surface area contributed by atoms with E-state index in [1.54, 1.807) is 6.07 Å². The van der Waals surface area contributed by atoms with Gasteiger partial charge < -0.3 is 4.98 Å². The number of sulfonamides is 1. The first-order chi connectivity index (χ1) is 12.3. The molecule has 1 aromatic carbocycles. The van der Waals surface area contributed by atoms with E-state index in [4.69, 9.17) is 11.6 Å². The number of halogens is 1. The van der Waals surface area contributed by atoms with Gasteiger partial charge in [0.1, 0.15) is 0 Å². The third kappa shape index (κ3) is 3.75. The van der Waals surface area contributed by atoms with Crippen molar-refractivity contribution in [2.75, 3.05) is 19.8 Å². The van der Waals surface area contributed by atoms with Crippen LogP contribution in [-0.2, 0) is 16.6 Å². The molecule has 1 aliphatic heterocycles. The predicted octanol–water partition coefficient (Wildman–Crippen LogP) is 0.879. The maximum Gasteiger partial charge on any atom is 0.325 e. The molecule has 10 heteroatoms. The van der Waals surface area contributed by atoms with Gasteiger partial charge in [0.25, 0.3) is 15.6 Å². The standard InChI is InChI=1S/C16H19ClN4O4S/c1-11-14(15(22)19-16(23)18-11)26(24,25)21-8-4-7-20(10-21)9-12-5-2-3-6-13(12)17/h2-3,5-6H,4,7-10H2,1H3,(H2,18,19,22,23). The molecule has 2 N–H and O–H groups in total. The van der Waals surface area contributed by atoms with Crippen LogP contribution in [0, 0.1) is 6.92 Å². The molecule has 2 aromatic rings. The maximum absolute atomic E-state index is 12.9. The Hall–Kier alpha value is -1.94. The summed E-state index contributed by atoms with van der Waals surface area (Å²) in [5, 5.41) is 0.625. The van der Waals surface area contributed by atoms with E-state index in [1.165, 1.54) is 11.2 Å². The highest BCUT2D eigenvalue weighted by Gasteiger charge is 2.33. The number of benzene rings is 1. The zero-order valence-corrected chi connectivity index (χ0v) is 15.7. The van der Waals surface area contributed by atoms with Crippen molar-refractivity contribution in [2.45, 2.75) is 24.8 Å². The van der Waals surface area contributed by atoms with Crippen LogP contribution in [0.1, 0.15) is 17.7 Å². The van der Waals surface area contributed by atoms with E-state index in [9.17, 15) is 18.0 Å². The third-order valence-electron chi connectivity index (χ3n) is 4.26. The van der Waals surface area contributed by atoms with Crippen LogP contribution in [0.4, 0.5) is 0 Å². The molecule has 3 rings (SSSR count). The highest BCUT2D eigenvalue weighted by atomic mass is 35.5. The van der Waals surface area contributed by atoms with E-state index in [2.05, 4.69) is 4.98 Å². The van der Waals surface area contributed by atoms with Gasteiger partial charge in [-0.2, -0.15) is 4.31 Å². The molecular formula is C16H19ClN4O4S. The molecule has 0 saturated carbocycles. The van der Waals surface area contributed by atoms with Crippen LogP contribution in [0.3, 0.4) is 0 Å². The molecule has 1 saturated heterocycles. The van der Waals surface area contributed by atoms with Crippen LogP contribution in [0.25, 0.3) is 0 Å². The van der Waals surface area contributed by atoms with Gasteiger partial charge in [-0.1, -0.05) is 29.8 Å². The number of aromatic amines is 2. The second-order valence-corrected chi connectivity index (χ2v) is 8.46. The minimum atomic E-state index is -4.03. The number of hydrogen-bond acceptors (Lipinski definition) is 5. The lowest BCUT2D eigenvalue weighted by Gasteiger charge is -2.34. The van der Waals surface area contributed by atoms with Gasteiger partial charge in [-0.15, -0.1) is 0 Å². The maximum atomic E-state index is 12.9. The minimum absolute atomic E-state index is 0.0296. The lowest BCUT2D eigenvalue weighted by atomic mass is 10.2. The van der Waals surface area contributed by atoms with Gasteiger partial charge in [0.05, 0.1) is 6.67 Å². The molecular weight excluding hydrogens is 380 g/mol. The second kappa shape index (κ2) is 7.36.